The third-order valence-corrected chi connectivity index (χ3v) is 2.57. The van der Waals surface area contributed by atoms with Crippen LogP contribution in [0.5, 0.6) is 5.75 Å². The minimum Gasteiger partial charge on any atom is -0.497 e. The fourth-order valence-electron chi connectivity index (χ4n) is 1.01. The maximum absolute atomic E-state index is 9.55. The van der Waals surface area contributed by atoms with Crippen LogP contribution in [0.25, 0.3) is 0 Å². The van der Waals surface area contributed by atoms with Gasteiger partial charge in [-0.3, -0.25) is 0 Å². The normalized spacial score (nSPS) is 13.0. The number of hydrogen-bond donors (Lipinski definition) is 1. The summed E-state index contributed by atoms with van der Waals surface area (Å²) in [5.41, 5.74) is 0.488. The van der Waals surface area contributed by atoms with E-state index in [4.69, 9.17) is 39.5 Å². The smallest absolute Gasteiger partial charge is 0.137 e. The molecule has 0 aliphatic carbocycles. The van der Waals surface area contributed by atoms with E-state index in [1.54, 1.807) is 18.2 Å². The fraction of sp³-hybridized carbons (Fsp3) is 0.333. The predicted octanol–water partition coefficient (Wildman–Crippen LogP) is 3.19. The van der Waals surface area contributed by atoms with E-state index >= 15 is 0 Å². The Morgan fingerprint density at radius 2 is 2.00 bits per heavy atom. The summed E-state index contributed by atoms with van der Waals surface area (Å²) in [5, 5.41) is 9.93. The van der Waals surface area contributed by atoms with Gasteiger partial charge in [-0.05, 0) is 12.1 Å². The molecule has 1 unspecified atom stereocenters. The van der Waals surface area contributed by atoms with Crippen molar-refractivity contribution in [2.24, 2.45) is 0 Å². The Hall–Kier alpha value is -0.150. The second-order valence-corrected chi connectivity index (χ2v) is 4.24. The zero-order valence-corrected chi connectivity index (χ0v) is 9.64. The first-order valence-corrected chi connectivity index (χ1v) is 5.11. The molecule has 78 valence electrons. The molecule has 0 aliphatic rings. The molecule has 14 heavy (non-hydrogen) atoms. The third kappa shape index (κ3) is 2.67. The molecule has 0 saturated heterocycles. The summed E-state index contributed by atoms with van der Waals surface area (Å²) in [6.07, 6.45) is -0.989. The molecular formula is C9H9Cl3O2. The van der Waals surface area contributed by atoms with E-state index in [1.807, 2.05) is 0 Å². The van der Waals surface area contributed by atoms with Crippen molar-refractivity contribution in [1.82, 2.24) is 0 Å². The lowest BCUT2D eigenvalue weighted by Crippen LogP contribution is -2.06. The summed E-state index contributed by atoms with van der Waals surface area (Å²) in [6.45, 7) is 0. The summed E-state index contributed by atoms with van der Waals surface area (Å²) in [4.78, 5) is -0.902. The van der Waals surface area contributed by atoms with Crippen molar-refractivity contribution < 1.29 is 9.84 Å². The molecule has 0 fully saturated rings. The zero-order chi connectivity index (χ0) is 10.7. The molecule has 1 aromatic rings. The topological polar surface area (TPSA) is 29.5 Å². The quantitative estimate of drug-likeness (QED) is 0.841. The van der Waals surface area contributed by atoms with E-state index in [9.17, 15) is 5.11 Å². The van der Waals surface area contributed by atoms with Crippen LogP contribution in [0, 0.1) is 0 Å². The van der Waals surface area contributed by atoms with Gasteiger partial charge in [-0.1, -0.05) is 17.7 Å². The monoisotopic (exact) mass is 254 g/mol. The van der Waals surface area contributed by atoms with Crippen molar-refractivity contribution in [3.8, 4) is 5.75 Å². The molecule has 5 heteroatoms. The summed E-state index contributed by atoms with van der Waals surface area (Å²) in [5.74, 6) is 0.617. The number of ether oxygens (including phenoxy) is 1. The van der Waals surface area contributed by atoms with Crippen molar-refractivity contribution in [2.45, 2.75) is 10.9 Å². The molecule has 0 aromatic heterocycles. The van der Waals surface area contributed by atoms with Gasteiger partial charge in [0.15, 0.2) is 0 Å². The van der Waals surface area contributed by atoms with Crippen LogP contribution in [0.15, 0.2) is 18.2 Å². The van der Waals surface area contributed by atoms with Gasteiger partial charge >= 0.3 is 0 Å². The first-order valence-electron chi connectivity index (χ1n) is 3.86. The van der Waals surface area contributed by atoms with E-state index in [1.165, 1.54) is 7.11 Å². The van der Waals surface area contributed by atoms with E-state index < -0.39 is 10.9 Å². The highest BCUT2D eigenvalue weighted by Crippen LogP contribution is 2.31. The zero-order valence-electron chi connectivity index (χ0n) is 7.38. The van der Waals surface area contributed by atoms with Crippen molar-refractivity contribution >= 4 is 34.8 Å². The van der Waals surface area contributed by atoms with Gasteiger partial charge in [0.05, 0.1) is 12.1 Å². The lowest BCUT2D eigenvalue weighted by molar-refractivity contribution is 0.193. The number of benzene rings is 1. The second-order valence-electron chi connectivity index (χ2n) is 2.67. The molecule has 0 aliphatic heterocycles. The number of aliphatic hydroxyl groups is 1. The summed E-state index contributed by atoms with van der Waals surface area (Å²) < 4.78 is 4.96. The average molecular weight is 256 g/mol. The molecule has 0 saturated carbocycles. The molecule has 0 bridgehead atoms. The van der Waals surface area contributed by atoms with Gasteiger partial charge in [0.2, 0.25) is 0 Å². The van der Waals surface area contributed by atoms with Gasteiger partial charge in [0, 0.05) is 5.56 Å². The van der Waals surface area contributed by atoms with Gasteiger partial charge in [-0.25, -0.2) is 0 Å². The van der Waals surface area contributed by atoms with Crippen LogP contribution in [0.4, 0.5) is 0 Å². The van der Waals surface area contributed by atoms with Crippen LogP contribution >= 0.6 is 34.8 Å². The Balaban J connectivity index is 2.99. The van der Waals surface area contributed by atoms with Crippen LogP contribution in [-0.2, 0) is 0 Å². The van der Waals surface area contributed by atoms with Crippen molar-refractivity contribution in [3.05, 3.63) is 28.8 Å². The van der Waals surface area contributed by atoms with Crippen LogP contribution in [-0.4, -0.2) is 17.1 Å². The van der Waals surface area contributed by atoms with Crippen molar-refractivity contribution in [2.75, 3.05) is 7.11 Å². The fourth-order valence-corrected chi connectivity index (χ4v) is 1.56. The molecule has 0 amide bonds. The standard InChI is InChI=1S/C9H9Cl3O2/c1-14-5-2-3-6(7(10)4-5)8(13)9(11)12/h2-4,8-9,13H,1H3. The van der Waals surface area contributed by atoms with Crippen molar-refractivity contribution in [3.63, 3.8) is 0 Å². The predicted molar refractivity (Wildman–Crippen MR) is 58.5 cm³/mol. The summed E-state index contributed by atoms with van der Waals surface area (Å²) in [6, 6.07) is 4.90. The Morgan fingerprint density at radius 3 is 2.43 bits per heavy atom. The molecule has 0 radical (unpaired) electrons. The van der Waals surface area contributed by atoms with Gasteiger partial charge in [-0.2, -0.15) is 0 Å². The molecule has 1 atom stereocenters. The van der Waals surface area contributed by atoms with Crippen LogP contribution in [0.3, 0.4) is 0 Å². The first kappa shape index (κ1) is 11.9. The molecular weight excluding hydrogens is 246 g/mol. The van der Waals surface area contributed by atoms with Crippen molar-refractivity contribution in [1.29, 1.82) is 0 Å². The second kappa shape index (κ2) is 5.08. The maximum atomic E-state index is 9.55. The van der Waals surface area contributed by atoms with E-state index in [-0.39, 0.29) is 0 Å². The Labute approximate surface area is 97.3 Å². The maximum Gasteiger partial charge on any atom is 0.137 e. The molecule has 0 spiro atoms. The first-order chi connectivity index (χ1) is 6.56. The average Bonchev–Trinajstić information content (AvgIpc) is 2.16. The van der Waals surface area contributed by atoms with Gasteiger partial charge in [-0.15, -0.1) is 23.2 Å². The Kier molecular flexibility index (Phi) is 4.32. The van der Waals surface area contributed by atoms with Gasteiger partial charge < -0.3 is 9.84 Å². The van der Waals surface area contributed by atoms with Crippen LogP contribution in [0.1, 0.15) is 11.7 Å². The minimum atomic E-state index is -0.989. The lowest BCUT2D eigenvalue weighted by atomic mass is 10.1. The summed E-state index contributed by atoms with van der Waals surface area (Å²) >= 11 is 17.0. The van der Waals surface area contributed by atoms with E-state index in [2.05, 4.69) is 0 Å². The van der Waals surface area contributed by atoms with Gasteiger partial charge in [0.1, 0.15) is 16.7 Å². The largest absolute Gasteiger partial charge is 0.497 e. The number of aliphatic hydroxyl groups excluding tert-OH is 1. The number of methoxy groups -OCH3 is 1. The summed E-state index contributed by atoms with van der Waals surface area (Å²) in [7, 11) is 1.54. The highest BCUT2D eigenvalue weighted by molar-refractivity contribution is 6.44. The minimum absolute atomic E-state index is 0.378. The number of rotatable bonds is 3. The van der Waals surface area contributed by atoms with E-state index in [0.29, 0.717) is 16.3 Å². The Bertz CT molecular complexity index is 315. The molecule has 1 aromatic carbocycles. The molecule has 0 heterocycles. The molecule has 1 N–H and O–H groups in total. The molecule has 2 nitrogen and oxygen atoms in total. The number of halogens is 3. The van der Waals surface area contributed by atoms with Crippen LogP contribution < -0.4 is 4.74 Å². The molecule has 1 rings (SSSR count). The van der Waals surface area contributed by atoms with Crippen LogP contribution in [0.2, 0.25) is 5.02 Å². The lowest BCUT2D eigenvalue weighted by Gasteiger charge is -2.13. The Morgan fingerprint density at radius 1 is 1.36 bits per heavy atom. The highest BCUT2D eigenvalue weighted by atomic mass is 35.5. The number of hydrogen-bond acceptors (Lipinski definition) is 2. The highest BCUT2D eigenvalue weighted by Gasteiger charge is 2.18. The van der Waals surface area contributed by atoms with Gasteiger partial charge in [0.25, 0.3) is 0 Å². The number of alkyl halides is 2. The third-order valence-electron chi connectivity index (χ3n) is 1.76. The SMILES string of the molecule is COc1ccc(C(O)C(Cl)Cl)c(Cl)c1. The van der Waals surface area contributed by atoms with E-state index in [0.717, 1.165) is 0 Å².